The van der Waals surface area contributed by atoms with Gasteiger partial charge < -0.3 is 14.8 Å². The number of carbonyl (C=O) groups excluding carboxylic acids is 1. The minimum atomic E-state index is -0.414. The summed E-state index contributed by atoms with van der Waals surface area (Å²) in [7, 11) is 0. The number of hydrogen-bond acceptors (Lipinski definition) is 5. The van der Waals surface area contributed by atoms with E-state index in [2.05, 4.69) is 15.5 Å². The van der Waals surface area contributed by atoms with Gasteiger partial charge >= 0.3 is 0 Å². The molecular formula is C16H20FN3O3. The van der Waals surface area contributed by atoms with Crippen LogP contribution in [0.4, 0.5) is 4.39 Å². The van der Waals surface area contributed by atoms with E-state index >= 15 is 0 Å². The van der Waals surface area contributed by atoms with Gasteiger partial charge in [0.05, 0.1) is 13.3 Å². The molecule has 0 radical (unpaired) electrons. The fourth-order valence-electron chi connectivity index (χ4n) is 3.65. The van der Waals surface area contributed by atoms with Crippen molar-refractivity contribution in [1.29, 1.82) is 0 Å². The lowest BCUT2D eigenvalue weighted by Crippen LogP contribution is -2.54. The summed E-state index contributed by atoms with van der Waals surface area (Å²) in [5.74, 6) is 0.577. The van der Waals surface area contributed by atoms with E-state index in [1.807, 2.05) is 0 Å². The highest BCUT2D eigenvalue weighted by atomic mass is 19.1. The lowest BCUT2D eigenvalue weighted by Gasteiger charge is -2.37. The van der Waals surface area contributed by atoms with Crippen LogP contribution in [0, 0.1) is 5.82 Å². The van der Waals surface area contributed by atoms with Gasteiger partial charge in [-0.1, -0.05) is 0 Å². The molecule has 23 heavy (non-hydrogen) atoms. The molecule has 124 valence electrons. The third kappa shape index (κ3) is 2.69. The zero-order valence-electron chi connectivity index (χ0n) is 12.9. The van der Waals surface area contributed by atoms with Gasteiger partial charge in [-0.3, -0.25) is 15.0 Å². The monoisotopic (exact) mass is 321 g/mol. The van der Waals surface area contributed by atoms with Gasteiger partial charge in [0.2, 0.25) is 5.91 Å². The van der Waals surface area contributed by atoms with Gasteiger partial charge in [0.1, 0.15) is 17.1 Å². The molecule has 7 heteroatoms. The maximum atomic E-state index is 13.8. The van der Waals surface area contributed by atoms with Crippen molar-refractivity contribution >= 4 is 5.91 Å². The van der Waals surface area contributed by atoms with E-state index in [9.17, 15) is 9.18 Å². The molecule has 1 spiro atoms. The van der Waals surface area contributed by atoms with Crippen molar-refractivity contribution in [1.82, 2.24) is 15.5 Å². The minimum absolute atomic E-state index is 0.0979. The van der Waals surface area contributed by atoms with Gasteiger partial charge in [0.25, 0.3) is 0 Å². The summed E-state index contributed by atoms with van der Waals surface area (Å²) in [5, 5.41) is 6.12. The Kier molecular flexibility index (Phi) is 3.71. The SMILES string of the molecule is O=C1NCNC12CCN(Cc1cc(F)cc3c1OCOC3)CC2. The number of carbonyl (C=O) groups is 1. The maximum absolute atomic E-state index is 13.8. The Morgan fingerprint density at radius 1 is 1.30 bits per heavy atom. The van der Waals surface area contributed by atoms with Crippen molar-refractivity contribution in [3.63, 3.8) is 0 Å². The smallest absolute Gasteiger partial charge is 0.241 e. The van der Waals surface area contributed by atoms with E-state index in [0.29, 0.717) is 19.8 Å². The van der Waals surface area contributed by atoms with Crippen LogP contribution in [0.5, 0.6) is 5.75 Å². The van der Waals surface area contributed by atoms with Gasteiger partial charge in [-0.2, -0.15) is 0 Å². The quantitative estimate of drug-likeness (QED) is 0.840. The molecule has 0 aromatic heterocycles. The molecule has 6 nitrogen and oxygen atoms in total. The molecule has 2 fully saturated rings. The second-order valence-electron chi connectivity index (χ2n) is 6.38. The number of ether oxygens (including phenoxy) is 2. The molecule has 0 atom stereocenters. The topological polar surface area (TPSA) is 62.8 Å². The van der Waals surface area contributed by atoms with E-state index in [1.165, 1.54) is 12.1 Å². The predicted molar refractivity (Wildman–Crippen MR) is 80.1 cm³/mol. The normalized spacial score (nSPS) is 23.4. The molecule has 1 aromatic carbocycles. The van der Waals surface area contributed by atoms with Crippen LogP contribution >= 0.6 is 0 Å². The fourth-order valence-corrected chi connectivity index (χ4v) is 3.65. The van der Waals surface area contributed by atoms with Crippen molar-refractivity contribution in [2.75, 3.05) is 26.6 Å². The molecule has 0 saturated carbocycles. The number of rotatable bonds is 2. The summed E-state index contributed by atoms with van der Waals surface area (Å²) in [5.41, 5.74) is 1.20. The van der Waals surface area contributed by atoms with E-state index < -0.39 is 5.54 Å². The van der Waals surface area contributed by atoms with Crippen LogP contribution in [0.15, 0.2) is 12.1 Å². The first-order chi connectivity index (χ1) is 11.2. The maximum Gasteiger partial charge on any atom is 0.241 e. The highest BCUT2D eigenvalue weighted by Gasteiger charge is 2.44. The van der Waals surface area contributed by atoms with Crippen molar-refractivity contribution in [2.45, 2.75) is 31.5 Å². The van der Waals surface area contributed by atoms with Gasteiger partial charge in [-0.15, -0.1) is 0 Å². The number of amides is 1. The van der Waals surface area contributed by atoms with Crippen molar-refractivity contribution < 1.29 is 18.7 Å². The molecule has 2 N–H and O–H groups in total. The average Bonchev–Trinajstić information content (AvgIpc) is 2.90. The second-order valence-corrected chi connectivity index (χ2v) is 6.38. The summed E-state index contributed by atoms with van der Waals surface area (Å²) in [6, 6.07) is 3.00. The van der Waals surface area contributed by atoms with Crippen molar-refractivity contribution in [3.8, 4) is 5.75 Å². The van der Waals surface area contributed by atoms with E-state index in [-0.39, 0.29) is 18.5 Å². The van der Waals surface area contributed by atoms with Gasteiger partial charge in [0.15, 0.2) is 6.79 Å². The molecule has 2 saturated heterocycles. The first kappa shape index (κ1) is 14.9. The third-order valence-corrected chi connectivity index (χ3v) is 4.97. The molecule has 1 aromatic rings. The average molecular weight is 321 g/mol. The fraction of sp³-hybridized carbons (Fsp3) is 0.562. The molecule has 3 heterocycles. The van der Waals surface area contributed by atoms with E-state index in [0.717, 1.165) is 42.8 Å². The number of fused-ring (bicyclic) bond motifs is 1. The molecule has 3 aliphatic heterocycles. The number of halogens is 1. The van der Waals surface area contributed by atoms with Crippen molar-refractivity contribution in [2.24, 2.45) is 0 Å². The Labute approximate surface area is 133 Å². The van der Waals surface area contributed by atoms with Crippen LogP contribution in [-0.4, -0.2) is 42.9 Å². The Bertz CT molecular complexity index is 629. The Morgan fingerprint density at radius 2 is 2.13 bits per heavy atom. The number of likely N-dealkylation sites (tertiary alicyclic amines) is 1. The zero-order valence-corrected chi connectivity index (χ0v) is 12.9. The largest absolute Gasteiger partial charge is 0.467 e. The summed E-state index contributed by atoms with van der Waals surface area (Å²) < 4.78 is 24.6. The lowest BCUT2D eigenvalue weighted by atomic mass is 9.87. The minimum Gasteiger partial charge on any atom is -0.467 e. The lowest BCUT2D eigenvalue weighted by molar-refractivity contribution is -0.125. The van der Waals surface area contributed by atoms with Crippen LogP contribution in [0.2, 0.25) is 0 Å². The number of nitrogens with zero attached hydrogens (tertiary/aromatic N) is 1. The van der Waals surface area contributed by atoms with Crippen LogP contribution in [0.1, 0.15) is 24.0 Å². The summed E-state index contributed by atoms with van der Waals surface area (Å²) in [4.78, 5) is 14.2. The van der Waals surface area contributed by atoms with E-state index in [1.54, 1.807) is 0 Å². The van der Waals surface area contributed by atoms with Crippen LogP contribution in [-0.2, 0) is 22.7 Å². The van der Waals surface area contributed by atoms with Crippen LogP contribution in [0.3, 0.4) is 0 Å². The predicted octanol–water partition coefficient (Wildman–Crippen LogP) is 0.704. The first-order valence-electron chi connectivity index (χ1n) is 7.94. The van der Waals surface area contributed by atoms with E-state index in [4.69, 9.17) is 9.47 Å². The Morgan fingerprint density at radius 3 is 2.87 bits per heavy atom. The van der Waals surface area contributed by atoms with Crippen LogP contribution in [0.25, 0.3) is 0 Å². The summed E-state index contributed by atoms with van der Waals surface area (Å²) >= 11 is 0. The highest BCUT2D eigenvalue weighted by Crippen LogP contribution is 2.32. The third-order valence-electron chi connectivity index (χ3n) is 4.97. The molecular weight excluding hydrogens is 301 g/mol. The van der Waals surface area contributed by atoms with Crippen molar-refractivity contribution in [3.05, 3.63) is 29.1 Å². The molecule has 1 amide bonds. The molecule has 3 aliphatic rings. The number of hydrogen-bond donors (Lipinski definition) is 2. The number of benzene rings is 1. The van der Waals surface area contributed by atoms with Gasteiger partial charge in [-0.25, -0.2) is 4.39 Å². The Balaban J connectivity index is 1.47. The highest BCUT2D eigenvalue weighted by molar-refractivity contribution is 5.88. The standard InChI is InChI=1S/C16H20FN3O3/c17-13-5-11(14-12(6-13)8-22-10-23-14)7-20-3-1-16(2-4-20)15(21)18-9-19-16/h5-6,19H,1-4,7-10H2,(H,18,21). The Hall–Kier alpha value is -1.70. The number of nitrogens with one attached hydrogen (secondary N) is 2. The van der Waals surface area contributed by atoms with Crippen LogP contribution < -0.4 is 15.4 Å². The molecule has 0 bridgehead atoms. The number of piperidine rings is 1. The van der Waals surface area contributed by atoms with Gasteiger partial charge in [0, 0.05) is 30.8 Å². The molecule has 0 unspecified atom stereocenters. The second kappa shape index (κ2) is 5.74. The summed E-state index contributed by atoms with van der Waals surface area (Å²) in [6.07, 6.45) is 1.53. The zero-order chi connectivity index (χ0) is 15.9. The van der Waals surface area contributed by atoms with Gasteiger partial charge in [-0.05, 0) is 25.0 Å². The molecule has 4 rings (SSSR count). The first-order valence-corrected chi connectivity index (χ1v) is 7.94. The molecule has 0 aliphatic carbocycles. The summed E-state index contributed by atoms with van der Waals surface area (Å²) in [6.45, 7) is 3.35.